The van der Waals surface area contributed by atoms with E-state index in [1.54, 1.807) is 22.6 Å². The molecule has 0 unspecified atom stereocenters. The molecule has 1 N–H and O–H groups in total. The maximum atomic E-state index is 12.7. The lowest BCUT2D eigenvalue weighted by Crippen LogP contribution is -2.42. The summed E-state index contributed by atoms with van der Waals surface area (Å²) in [6, 6.07) is 3.19. The summed E-state index contributed by atoms with van der Waals surface area (Å²) in [5.74, 6) is 0.616. The maximum absolute atomic E-state index is 12.7. The molecule has 20 heavy (non-hydrogen) atoms. The third kappa shape index (κ3) is 2.96. The van der Waals surface area contributed by atoms with Crippen LogP contribution in [0.5, 0.6) is 0 Å². The van der Waals surface area contributed by atoms with E-state index >= 15 is 0 Å². The zero-order chi connectivity index (χ0) is 14.8. The van der Waals surface area contributed by atoms with Crippen LogP contribution in [0.4, 0.5) is 5.82 Å². The van der Waals surface area contributed by atoms with E-state index in [0.717, 1.165) is 25.8 Å². The summed E-state index contributed by atoms with van der Waals surface area (Å²) in [6.45, 7) is 7.39. The number of sulfonamides is 1. The van der Waals surface area contributed by atoms with Crippen molar-refractivity contribution in [2.45, 2.75) is 50.5 Å². The molecule has 1 aliphatic heterocycles. The normalized spacial score (nSPS) is 19.1. The zero-order valence-corrected chi connectivity index (χ0v) is 13.2. The first kappa shape index (κ1) is 15.3. The van der Waals surface area contributed by atoms with E-state index in [9.17, 15) is 8.42 Å². The van der Waals surface area contributed by atoms with Crippen LogP contribution in [0.1, 0.15) is 40.0 Å². The van der Waals surface area contributed by atoms with Gasteiger partial charge < -0.3 is 5.32 Å². The Morgan fingerprint density at radius 2 is 2.20 bits per heavy atom. The molecule has 0 aliphatic carbocycles. The van der Waals surface area contributed by atoms with Crippen LogP contribution in [0.15, 0.2) is 23.2 Å². The minimum Gasteiger partial charge on any atom is -0.370 e. The van der Waals surface area contributed by atoms with Crippen molar-refractivity contribution < 1.29 is 8.42 Å². The molecule has 6 heteroatoms. The van der Waals surface area contributed by atoms with Crippen molar-refractivity contribution in [2.75, 3.05) is 18.4 Å². The van der Waals surface area contributed by atoms with Crippen LogP contribution < -0.4 is 5.32 Å². The summed E-state index contributed by atoms with van der Waals surface area (Å²) in [5, 5.41) is 3.12. The second-order valence-electron chi connectivity index (χ2n) is 5.80. The number of aromatic nitrogens is 1. The molecule has 0 bridgehead atoms. The van der Waals surface area contributed by atoms with Gasteiger partial charge in [-0.1, -0.05) is 6.92 Å². The largest absolute Gasteiger partial charge is 0.370 e. The van der Waals surface area contributed by atoms with Crippen molar-refractivity contribution in [1.82, 2.24) is 9.29 Å². The Morgan fingerprint density at radius 3 is 2.80 bits per heavy atom. The van der Waals surface area contributed by atoms with E-state index in [1.807, 2.05) is 13.8 Å². The first-order chi connectivity index (χ1) is 9.38. The van der Waals surface area contributed by atoms with Crippen LogP contribution in [-0.4, -0.2) is 36.3 Å². The van der Waals surface area contributed by atoms with Gasteiger partial charge in [-0.3, -0.25) is 0 Å². The smallest absolute Gasteiger partial charge is 0.243 e. The molecule has 0 spiro atoms. The van der Waals surface area contributed by atoms with Crippen LogP contribution in [0.25, 0.3) is 0 Å². The second kappa shape index (κ2) is 5.69. The number of rotatable bonds is 5. The lowest BCUT2D eigenvalue weighted by atomic mass is 10.0. The van der Waals surface area contributed by atoms with Crippen molar-refractivity contribution in [2.24, 2.45) is 0 Å². The van der Waals surface area contributed by atoms with E-state index < -0.39 is 10.0 Å². The second-order valence-corrected chi connectivity index (χ2v) is 7.66. The Morgan fingerprint density at radius 1 is 1.45 bits per heavy atom. The van der Waals surface area contributed by atoms with Crippen molar-refractivity contribution in [3.63, 3.8) is 0 Å². The van der Waals surface area contributed by atoms with Gasteiger partial charge in [-0.15, -0.1) is 0 Å². The minimum atomic E-state index is -3.44. The van der Waals surface area contributed by atoms with Crippen LogP contribution in [0.2, 0.25) is 0 Å². The third-order valence-corrected chi connectivity index (χ3v) is 5.81. The van der Waals surface area contributed by atoms with E-state index in [0.29, 0.717) is 17.3 Å². The Hall–Kier alpha value is -1.14. The van der Waals surface area contributed by atoms with Crippen molar-refractivity contribution >= 4 is 15.8 Å². The summed E-state index contributed by atoms with van der Waals surface area (Å²) < 4.78 is 27.1. The zero-order valence-electron chi connectivity index (χ0n) is 12.4. The van der Waals surface area contributed by atoms with Gasteiger partial charge >= 0.3 is 0 Å². The molecule has 1 aromatic rings. The van der Waals surface area contributed by atoms with E-state index in [2.05, 4.69) is 17.2 Å². The van der Waals surface area contributed by atoms with Gasteiger partial charge in [0.15, 0.2) is 0 Å². The predicted octanol–water partition coefficient (Wildman–Crippen LogP) is 2.47. The number of hydrogen-bond donors (Lipinski definition) is 1. The topological polar surface area (TPSA) is 62.3 Å². The monoisotopic (exact) mass is 297 g/mol. The summed E-state index contributed by atoms with van der Waals surface area (Å²) in [4.78, 5) is 4.48. The Balaban J connectivity index is 2.30. The third-order valence-electron chi connectivity index (χ3n) is 3.70. The van der Waals surface area contributed by atoms with Gasteiger partial charge in [0.2, 0.25) is 10.0 Å². The number of anilines is 1. The fraction of sp³-hybridized carbons (Fsp3) is 0.643. The SMILES string of the molecule is CCCNc1cc(S(=O)(=O)N2CCCC2(C)C)ccn1. The molecule has 0 amide bonds. The Labute approximate surface area is 121 Å². The highest BCUT2D eigenvalue weighted by atomic mass is 32.2. The minimum absolute atomic E-state index is 0.306. The average Bonchev–Trinajstić information content (AvgIpc) is 2.77. The first-order valence-corrected chi connectivity index (χ1v) is 8.55. The van der Waals surface area contributed by atoms with Crippen LogP contribution in [0, 0.1) is 0 Å². The van der Waals surface area contributed by atoms with Crippen LogP contribution >= 0.6 is 0 Å². The molecule has 112 valence electrons. The number of hydrogen-bond acceptors (Lipinski definition) is 4. The number of nitrogens with one attached hydrogen (secondary N) is 1. The first-order valence-electron chi connectivity index (χ1n) is 7.11. The molecule has 2 heterocycles. The lowest BCUT2D eigenvalue weighted by molar-refractivity contribution is 0.291. The fourth-order valence-corrected chi connectivity index (χ4v) is 4.44. The number of pyridine rings is 1. The van der Waals surface area contributed by atoms with Gasteiger partial charge in [-0.05, 0) is 39.2 Å². The fourth-order valence-electron chi connectivity index (χ4n) is 2.58. The molecular formula is C14H23N3O2S. The average molecular weight is 297 g/mol. The molecular weight excluding hydrogens is 274 g/mol. The molecule has 0 aromatic carbocycles. The standard InChI is InChI=1S/C14H23N3O2S/c1-4-8-15-13-11-12(6-9-16-13)20(18,19)17-10-5-7-14(17,2)3/h6,9,11H,4-5,7-8,10H2,1-3H3,(H,15,16). The van der Waals surface area contributed by atoms with E-state index in [4.69, 9.17) is 0 Å². The maximum Gasteiger partial charge on any atom is 0.243 e. The molecule has 1 aliphatic rings. The highest BCUT2D eigenvalue weighted by molar-refractivity contribution is 7.89. The molecule has 0 radical (unpaired) electrons. The summed E-state index contributed by atoms with van der Waals surface area (Å²) in [6.07, 6.45) is 4.34. The molecule has 0 saturated carbocycles. The summed E-state index contributed by atoms with van der Waals surface area (Å²) in [7, 11) is -3.44. The van der Waals surface area contributed by atoms with Crippen LogP contribution in [0.3, 0.4) is 0 Å². The van der Waals surface area contributed by atoms with E-state index in [1.165, 1.54) is 0 Å². The molecule has 1 saturated heterocycles. The Kier molecular flexibility index (Phi) is 4.34. The van der Waals surface area contributed by atoms with E-state index in [-0.39, 0.29) is 5.54 Å². The lowest BCUT2D eigenvalue weighted by Gasteiger charge is -2.30. The van der Waals surface area contributed by atoms with Gasteiger partial charge in [-0.25, -0.2) is 13.4 Å². The van der Waals surface area contributed by atoms with Gasteiger partial charge in [0.1, 0.15) is 5.82 Å². The van der Waals surface area contributed by atoms with Gasteiger partial charge in [0, 0.05) is 30.9 Å². The molecule has 1 aromatic heterocycles. The van der Waals surface area contributed by atoms with Gasteiger partial charge in [0.25, 0.3) is 0 Å². The van der Waals surface area contributed by atoms with Crippen molar-refractivity contribution in [1.29, 1.82) is 0 Å². The van der Waals surface area contributed by atoms with Gasteiger partial charge in [0.05, 0.1) is 4.90 Å². The highest BCUT2D eigenvalue weighted by Crippen LogP contribution is 2.34. The van der Waals surface area contributed by atoms with Crippen molar-refractivity contribution in [3.8, 4) is 0 Å². The summed E-state index contributed by atoms with van der Waals surface area (Å²) >= 11 is 0. The molecule has 1 fully saturated rings. The molecule has 0 atom stereocenters. The Bertz CT molecular complexity index is 570. The molecule has 2 rings (SSSR count). The predicted molar refractivity (Wildman–Crippen MR) is 80.2 cm³/mol. The van der Waals surface area contributed by atoms with Crippen molar-refractivity contribution in [3.05, 3.63) is 18.3 Å². The summed E-state index contributed by atoms with van der Waals surface area (Å²) in [5.41, 5.74) is -0.306. The molecule has 5 nitrogen and oxygen atoms in total. The van der Waals surface area contributed by atoms with Gasteiger partial charge in [-0.2, -0.15) is 4.31 Å². The van der Waals surface area contributed by atoms with Crippen LogP contribution in [-0.2, 0) is 10.0 Å². The quantitative estimate of drug-likeness (QED) is 0.907. The highest BCUT2D eigenvalue weighted by Gasteiger charge is 2.40. The number of nitrogens with zero attached hydrogens (tertiary/aromatic N) is 2.